The first-order valence-electron chi connectivity index (χ1n) is 7.11. The number of carbonyl (C=O) groups is 1. The first-order valence-corrected chi connectivity index (χ1v) is 7.11. The van der Waals surface area contributed by atoms with Crippen molar-refractivity contribution in [3.63, 3.8) is 0 Å². The molecule has 2 aromatic rings. The van der Waals surface area contributed by atoms with Gasteiger partial charge in [0.15, 0.2) is 0 Å². The molecule has 0 atom stereocenters. The van der Waals surface area contributed by atoms with Crippen LogP contribution in [-0.2, 0) is 16.0 Å². The van der Waals surface area contributed by atoms with Gasteiger partial charge in [-0.3, -0.25) is 0 Å². The molecule has 0 N–H and O–H groups in total. The number of para-hydroxylation sites is 1. The normalized spacial score (nSPS) is 11.1. The van der Waals surface area contributed by atoms with Crippen LogP contribution < -0.4 is 4.74 Å². The number of ether oxygens (including phenoxy) is 2. The Kier molecular flexibility index (Phi) is 5.37. The standard InChI is InChI=1S/C19H20O3/c1-14(13-19(20)22-3)12-15-8-10-16(11-9-15)17-6-4-5-7-18(17)21-2/h4-11,13H,12H2,1-3H3/b14-13+. The molecule has 0 aliphatic rings. The van der Waals surface area contributed by atoms with Crippen molar-refractivity contribution in [2.45, 2.75) is 13.3 Å². The van der Waals surface area contributed by atoms with Crippen molar-refractivity contribution in [1.29, 1.82) is 0 Å². The van der Waals surface area contributed by atoms with E-state index in [0.29, 0.717) is 0 Å². The van der Waals surface area contributed by atoms with E-state index in [4.69, 9.17) is 4.74 Å². The van der Waals surface area contributed by atoms with Gasteiger partial charge in [-0.2, -0.15) is 0 Å². The van der Waals surface area contributed by atoms with Gasteiger partial charge in [-0.15, -0.1) is 0 Å². The fourth-order valence-electron chi connectivity index (χ4n) is 2.32. The second-order valence-electron chi connectivity index (χ2n) is 5.09. The summed E-state index contributed by atoms with van der Waals surface area (Å²) in [5.74, 6) is 0.542. The third kappa shape index (κ3) is 3.98. The highest BCUT2D eigenvalue weighted by Crippen LogP contribution is 2.29. The van der Waals surface area contributed by atoms with Gasteiger partial charge in [0.25, 0.3) is 0 Å². The number of allylic oxidation sites excluding steroid dienone is 1. The summed E-state index contributed by atoms with van der Waals surface area (Å²) in [6.07, 6.45) is 2.25. The van der Waals surface area contributed by atoms with Crippen LogP contribution >= 0.6 is 0 Å². The summed E-state index contributed by atoms with van der Waals surface area (Å²) >= 11 is 0. The monoisotopic (exact) mass is 296 g/mol. The lowest BCUT2D eigenvalue weighted by Crippen LogP contribution is -1.97. The number of rotatable bonds is 5. The summed E-state index contributed by atoms with van der Waals surface area (Å²) in [6.45, 7) is 1.92. The molecule has 0 heterocycles. The fraction of sp³-hybridized carbons (Fsp3) is 0.211. The van der Waals surface area contributed by atoms with Gasteiger partial charge in [-0.25, -0.2) is 4.79 Å². The van der Waals surface area contributed by atoms with Gasteiger partial charge in [0.2, 0.25) is 0 Å². The van der Waals surface area contributed by atoms with E-state index in [-0.39, 0.29) is 5.97 Å². The summed E-state index contributed by atoms with van der Waals surface area (Å²) in [7, 11) is 3.06. The number of hydrogen-bond donors (Lipinski definition) is 0. The van der Waals surface area contributed by atoms with Crippen molar-refractivity contribution in [3.8, 4) is 16.9 Å². The molecule has 0 saturated carbocycles. The molecule has 0 aliphatic carbocycles. The third-order valence-electron chi connectivity index (χ3n) is 3.42. The molecule has 0 spiro atoms. The van der Waals surface area contributed by atoms with Crippen molar-refractivity contribution in [2.75, 3.05) is 14.2 Å². The Hall–Kier alpha value is -2.55. The second kappa shape index (κ2) is 7.46. The Morgan fingerprint density at radius 3 is 2.36 bits per heavy atom. The van der Waals surface area contributed by atoms with E-state index >= 15 is 0 Å². The van der Waals surface area contributed by atoms with Crippen molar-refractivity contribution < 1.29 is 14.3 Å². The number of methoxy groups -OCH3 is 2. The number of benzene rings is 2. The molecular formula is C19H20O3. The number of hydrogen-bond acceptors (Lipinski definition) is 3. The minimum absolute atomic E-state index is 0.317. The van der Waals surface area contributed by atoms with Crippen LogP contribution in [0.1, 0.15) is 12.5 Å². The molecule has 114 valence electrons. The minimum atomic E-state index is -0.317. The lowest BCUT2D eigenvalue weighted by atomic mass is 10.00. The molecular weight excluding hydrogens is 276 g/mol. The van der Waals surface area contributed by atoms with Crippen LogP contribution in [0, 0.1) is 0 Å². The van der Waals surface area contributed by atoms with Gasteiger partial charge in [0, 0.05) is 11.6 Å². The lowest BCUT2D eigenvalue weighted by molar-refractivity contribution is -0.134. The zero-order chi connectivity index (χ0) is 15.9. The summed E-state index contributed by atoms with van der Waals surface area (Å²) in [5, 5.41) is 0. The Balaban J connectivity index is 2.17. The van der Waals surface area contributed by atoms with Crippen molar-refractivity contribution in [2.24, 2.45) is 0 Å². The van der Waals surface area contributed by atoms with Crippen molar-refractivity contribution >= 4 is 5.97 Å². The molecule has 3 nitrogen and oxygen atoms in total. The molecule has 0 fully saturated rings. The summed E-state index contributed by atoms with van der Waals surface area (Å²) in [5.41, 5.74) is 4.29. The van der Waals surface area contributed by atoms with Crippen molar-refractivity contribution in [1.82, 2.24) is 0 Å². The van der Waals surface area contributed by atoms with E-state index < -0.39 is 0 Å². The predicted molar refractivity (Wildman–Crippen MR) is 87.9 cm³/mol. The first-order chi connectivity index (χ1) is 10.6. The van der Waals surface area contributed by atoms with E-state index in [1.807, 2.05) is 31.2 Å². The zero-order valence-corrected chi connectivity index (χ0v) is 13.1. The molecule has 0 bridgehead atoms. The molecule has 0 aliphatic heterocycles. The maximum Gasteiger partial charge on any atom is 0.330 e. The highest BCUT2D eigenvalue weighted by molar-refractivity contribution is 5.82. The second-order valence-corrected chi connectivity index (χ2v) is 5.09. The number of esters is 1. The van der Waals surface area contributed by atoms with Crippen LogP contribution in [0.5, 0.6) is 5.75 Å². The Labute approximate surface area is 131 Å². The third-order valence-corrected chi connectivity index (χ3v) is 3.42. The van der Waals surface area contributed by atoms with Crippen molar-refractivity contribution in [3.05, 3.63) is 65.7 Å². The van der Waals surface area contributed by atoms with E-state index in [0.717, 1.165) is 34.4 Å². The first kappa shape index (κ1) is 15.8. The Morgan fingerprint density at radius 1 is 1.05 bits per heavy atom. The average Bonchev–Trinajstić information content (AvgIpc) is 2.55. The van der Waals surface area contributed by atoms with E-state index in [1.54, 1.807) is 7.11 Å². The largest absolute Gasteiger partial charge is 0.496 e. The predicted octanol–water partition coefficient (Wildman–Crippen LogP) is 4.02. The molecule has 0 aromatic heterocycles. The van der Waals surface area contributed by atoms with Crippen LogP contribution in [0.2, 0.25) is 0 Å². The van der Waals surface area contributed by atoms with Gasteiger partial charge in [0.05, 0.1) is 14.2 Å². The van der Waals surface area contributed by atoms with Gasteiger partial charge in [-0.05, 0) is 30.5 Å². The molecule has 0 amide bonds. The smallest absolute Gasteiger partial charge is 0.330 e. The minimum Gasteiger partial charge on any atom is -0.496 e. The lowest BCUT2D eigenvalue weighted by Gasteiger charge is -2.09. The van der Waals surface area contributed by atoms with E-state index in [1.165, 1.54) is 13.2 Å². The average molecular weight is 296 g/mol. The molecule has 0 radical (unpaired) electrons. The van der Waals surface area contributed by atoms with Crippen LogP contribution in [-0.4, -0.2) is 20.2 Å². The van der Waals surface area contributed by atoms with Gasteiger partial charge in [0.1, 0.15) is 5.75 Å². The highest BCUT2D eigenvalue weighted by Gasteiger charge is 2.05. The maximum absolute atomic E-state index is 11.2. The van der Waals surface area contributed by atoms with Crippen LogP contribution in [0.3, 0.4) is 0 Å². The summed E-state index contributed by atoms with van der Waals surface area (Å²) < 4.78 is 10.0. The molecule has 0 unspecified atom stereocenters. The Morgan fingerprint density at radius 2 is 1.73 bits per heavy atom. The maximum atomic E-state index is 11.2. The summed E-state index contributed by atoms with van der Waals surface area (Å²) in [4.78, 5) is 11.2. The number of carbonyl (C=O) groups excluding carboxylic acids is 1. The molecule has 22 heavy (non-hydrogen) atoms. The molecule has 2 rings (SSSR count). The molecule has 2 aromatic carbocycles. The molecule has 0 saturated heterocycles. The van der Waals surface area contributed by atoms with Gasteiger partial charge < -0.3 is 9.47 Å². The van der Waals surface area contributed by atoms with Gasteiger partial charge in [-0.1, -0.05) is 48.0 Å². The van der Waals surface area contributed by atoms with Gasteiger partial charge >= 0.3 is 5.97 Å². The fourth-order valence-corrected chi connectivity index (χ4v) is 2.32. The van der Waals surface area contributed by atoms with Crippen LogP contribution in [0.25, 0.3) is 11.1 Å². The van der Waals surface area contributed by atoms with E-state index in [9.17, 15) is 4.79 Å². The van der Waals surface area contributed by atoms with Crippen LogP contribution in [0.4, 0.5) is 0 Å². The molecule has 3 heteroatoms. The highest BCUT2D eigenvalue weighted by atomic mass is 16.5. The topological polar surface area (TPSA) is 35.5 Å². The zero-order valence-electron chi connectivity index (χ0n) is 13.1. The Bertz CT molecular complexity index is 669. The van der Waals surface area contributed by atoms with E-state index in [2.05, 4.69) is 29.0 Å². The summed E-state index contributed by atoms with van der Waals surface area (Å²) in [6, 6.07) is 16.2. The SMILES string of the molecule is COC(=O)/C=C(\C)Cc1ccc(-c2ccccc2OC)cc1. The van der Waals surface area contributed by atoms with Crippen LogP contribution in [0.15, 0.2) is 60.2 Å². The quantitative estimate of drug-likeness (QED) is 0.617.